The molecule has 0 aromatic heterocycles. The zero-order valence-corrected chi connectivity index (χ0v) is 60.0. The van der Waals surface area contributed by atoms with Crippen molar-refractivity contribution >= 4 is 0 Å². The summed E-state index contributed by atoms with van der Waals surface area (Å²) >= 11 is 0. The highest BCUT2D eigenvalue weighted by atomic mass is 19.4. The van der Waals surface area contributed by atoms with Gasteiger partial charge in [-0.25, -0.2) is 8.78 Å². The van der Waals surface area contributed by atoms with Gasteiger partial charge in [-0.1, -0.05) is 193 Å². The van der Waals surface area contributed by atoms with Gasteiger partial charge in [0.15, 0.2) is 0 Å². The lowest BCUT2D eigenvalue weighted by Gasteiger charge is -2.32. The highest BCUT2D eigenvalue weighted by Gasteiger charge is 2.60. The van der Waals surface area contributed by atoms with E-state index in [-0.39, 0.29) is 192 Å². The van der Waals surface area contributed by atoms with Crippen LogP contribution >= 0.6 is 0 Å². The van der Waals surface area contributed by atoms with Gasteiger partial charge in [-0.3, -0.25) is 0 Å². The molecule has 4 unspecified atom stereocenters. The standard InChI is InChI=1S/C21H34F10O6.C19H34F6O6.C15H32O4.C6H5F9O.13CH4/c1-15(2,7-34-9-16(3,5-32)11-36-13-18(22,23)20(26,27)28)8-35-10-17(4,6-33)12-37-14-19(24,25)21(29,30)31;1-15(2,7-28-9-16(3,5-26)11-30-13-18(20,21)22)8-29-10-17(4,6-27)12-31-14-19(23,24)25;1-13(2,7-16)9-18-11-15(5,6)12-19-10-14(3,4)8-17;7-3(8)4(9,10)1-16-2-5(11,12)6(13,14)15;;;;;;;;;;;;;/h32-33H,5-14H2,1-4H3;26-27H,5-14H2,1-4H3;16-17H,7-12H2,1-6H3;3H,1-2H2;13*1H4. The van der Waals surface area contributed by atoms with Crippen molar-refractivity contribution < 1.29 is 193 Å². The second-order valence-electron chi connectivity index (χ2n) is 30.3. The minimum absolute atomic E-state index is 0. The van der Waals surface area contributed by atoms with E-state index in [4.69, 9.17) is 38.6 Å². The number of halogens is 25. The van der Waals surface area contributed by atoms with Crippen LogP contribution in [-0.2, 0) is 52.1 Å². The third-order valence-corrected chi connectivity index (χ3v) is 13.2. The molecule has 116 heavy (non-hydrogen) atoms. The average Bonchev–Trinajstić information content (AvgIpc) is 0.846. The molecule has 0 fully saturated rings. The summed E-state index contributed by atoms with van der Waals surface area (Å²) in [4.78, 5) is 0. The van der Waals surface area contributed by atoms with Crippen molar-refractivity contribution in [1.29, 1.82) is 0 Å². The Bertz CT molecular complexity index is 2110. The van der Waals surface area contributed by atoms with Crippen molar-refractivity contribution in [2.45, 2.75) is 254 Å². The molecule has 0 aromatic rings. The van der Waals surface area contributed by atoms with Gasteiger partial charge >= 0.3 is 61.0 Å². The average molecular weight is 1790 g/mol. The Hall–Kier alpha value is -2.43. The number of aliphatic hydroxyl groups excluding tert-OH is 6. The molecule has 730 valence electrons. The summed E-state index contributed by atoms with van der Waals surface area (Å²) < 4.78 is 358. The molecule has 42 heteroatoms. The fourth-order valence-electron chi connectivity index (χ4n) is 6.55. The van der Waals surface area contributed by atoms with Crippen LogP contribution in [0.25, 0.3) is 0 Å². The van der Waals surface area contributed by atoms with Gasteiger partial charge in [0.25, 0.3) is 0 Å². The molecule has 0 amide bonds. The van der Waals surface area contributed by atoms with Gasteiger partial charge < -0.3 is 82.7 Å². The fraction of sp³-hybridized carbons (Fsp3) is 1.00. The highest BCUT2D eigenvalue weighted by Crippen LogP contribution is 2.39. The molecule has 0 radical (unpaired) electrons. The second kappa shape index (κ2) is 64.3. The van der Waals surface area contributed by atoms with E-state index in [0.717, 1.165) is 0 Å². The summed E-state index contributed by atoms with van der Waals surface area (Å²) in [6.45, 7) is 11.2. The predicted molar refractivity (Wildman–Crippen MR) is 406 cm³/mol. The first-order valence-corrected chi connectivity index (χ1v) is 31.0. The van der Waals surface area contributed by atoms with E-state index < -0.39 is 173 Å². The molecule has 0 aliphatic carbocycles. The van der Waals surface area contributed by atoms with E-state index in [2.05, 4.69) is 37.5 Å². The summed E-state index contributed by atoms with van der Waals surface area (Å²) in [5, 5.41) is 56.2. The SMILES string of the molecule is C.C.C.C.C.C.C.C.C.C.C.C.C.CC(C)(CO)COCC(C)(C)COCC(C)(C)CO.CC(C)(COCC(C)(CO)COCC(F)(F)C(F)(F)F)COCC(C)(CO)COCC(F)(F)C(F)(F)F.CC(C)(COCC(C)(CO)COCC(F)(F)F)COCC(C)(CO)COCC(F)(F)F.FC(F)C(F)(F)COCC(F)(F)C(F)(F)F. The third kappa shape index (κ3) is 73.1. The monoisotopic (exact) mass is 1790 g/mol. The van der Waals surface area contributed by atoms with Crippen molar-refractivity contribution in [1.82, 2.24) is 0 Å². The third-order valence-electron chi connectivity index (χ3n) is 13.2. The molecule has 17 nitrogen and oxygen atoms in total. The Kier molecular flexibility index (Phi) is 85.6. The lowest BCUT2D eigenvalue weighted by atomic mass is 9.92. The Labute approximate surface area is 679 Å². The maximum absolute atomic E-state index is 13.0. The Balaban J connectivity index is -0.0000000755. The smallest absolute Gasteiger partial charge is 0.396 e. The molecule has 0 saturated carbocycles. The van der Waals surface area contributed by atoms with Crippen molar-refractivity contribution in [3.8, 4) is 0 Å². The summed E-state index contributed by atoms with van der Waals surface area (Å²) in [5.41, 5.74) is -6.41. The van der Waals surface area contributed by atoms with Crippen molar-refractivity contribution in [2.75, 3.05) is 185 Å². The molecule has 0 heterocycles. The molecule has 6 N–H and O–H groups in total. The van der Waals surface area contributed by atoms with Gasteiger partial charge in [-0.05, 0) is 0 Å². The van der Waals surface area contributed by atoms with E-state index >= 15 is 0 Å². The predicted octanol–water partition coefficient (Wildman–Crippen LogP) is 21.1. The quantitative estimate of drug-likeness (QED) is 0.0312. The van der Waals surface area contributed by atoms with E-state index in [1.54, 1.807) is 27.7 Å². The summed E-state index contributed by atoms with van der Waals surface area (Å²) in [6.07, 6.45) is -30.7. The molecule has 0 bridgehead atoms. The van der Waals surface area contributed by atoms with Crippen molar-refractivity contribution in [3.05, 3.63) is 0 Å². The molecule has 0 rings (SSSR count). The Morgan fingerprint density at radius 1 is 0.190 bits per heavy atom. The first kappa shape index (κ1) is 154. The van der Waals surface area contributed by atoms with Crippen LogP contribution < -0.4 is 0 Å². The minimum atomic E-state index is -5.98. The van der Waals surface area contributed by atoms with E-state index in [0.29, 0.717) is 26.4 Å². The first-order chi connectivity index (χ1) is 45.8. The molecule has 0 aliphatic heterocycles. The maximum Gasteiger partial charge on any atom is 0.455 e. The number of aliphatic hydroxyl groups is 6. The van der Waals surface area contributed by atoms with Crippen LogP contribution in [0.5, 0.6) is 0 Å². The van der Waals surface area contributed by atoms with Crippen LogP contribution in [0.4, 0.5) is 110 Å². The van der Waals surface area contributed by atoms with Crippen LogP contribution in [0.1, 0.15) is 193 Å². The lowest BCUT2D eigenvalue weighted by molar-refractivity contribution is -0.302. The first-order valence-electron chi connectivity index (χ1n) is 31.0. The van der Waals surface area contributed by atoms with Crippen LogP contribution in [0, 0.1) is 48.7 Å². The molecule has 4 atom stereocenters. The number of rotatable bonds is 49. The van der Waals surface area contributed by atoms with E-state index in [1.165, 1.54) is 27.7 Å². The summed E-state index contributed by atoms with van der Waals surface area (Å²) in [6, 6.07) is 0. The van der Waals surface area contributed by atoms with Gasteiger partial charge in [0.2, 0.25) is 0 Å². The summed E-state index contributed by atoms with van der Waals surface area (Å²) in [5.74, 6) is -20.2. The largest absolute Gasteiger partial charge is 0.455 e. The van der Waals surface area contributed by atoms with Crippen LogP contribution in [0.15, 0.2) is 0 Å². The van der Waals surface area contributed by atoms with Crippen LogP contribution in [-0.4, -0.2) is 277 Å². The van der Waals surface area contributed by atoms with Gasteiger partial charge in [0, 0.05) is 48.7 Å². The lowest BCUT2D eigenvalue weighted by Crippen LogP contribution is -2.43. The van der Waals surface area contributed by atoms with Gasteiger partial charge in [0.05, 0.1) is 145 Å². The minimum Gasteiger partial charge on any atom is -0.396 e. The van der Waals surface area contributed by atoms with Crippen LogP contribution in [0.3, 0.4) is 0 Å². The van der Waals surface area contributed by atoms with Crippen molar-refractivity contribution in [3.63, 3.8) is 0 Å². The molecule has 0 aliphatic rings. The summed E-state index contributed by atoms with van der Waals surface area (Å²) in [7, 11) is 0. The molecule has 0 aromatic carbocycles. The fourth-order valence-corrected chi connectivity index (χ4v) is 6.55. The van der Waals surface area contributed by atoms with Crippen molar-refractivity contribution in [2.24, 2.45) is 48.7 Å². The molecule has 0 spiro atoms. The Morgan fingerprint density at radius 3 is 0.466 bits per heavy atom. The topological polar surface area (TPSA) is 223 Å². The maximum atomic E-state index is 13.0. The number of ether oxygens (including phenoxy) is 11. The normalized spacial score (nSPS) is 14.5. The van der Waals surface area contributed by atoms with E-state index in [1.807, 2.05) is 27.7 Å². The van der Waals surface area contributed by atoms with Gasteiger partial charge in [-0.2, -0.15) is 101 Å². The molecular formula is C74H157F25O17. The number of hydrogen-bond acceptors (Lipinski definition) is 17. The number of alkyl halides is 25. The van der Waals surface area contributed by atoms with Gasteiger partial charge in [-0.15, -0.1) is 0 Å². The molecular weight excluding hydrogens is 1640 g/mol. The number of hydrogen-bond donors (Lipinski definition) is 6. The highest BCUT2D eigenvalue weighted by molar-refractivity contribution is 4.83. The van der Waals surface area contributed by atoms with E-state index in [9.17, 15) is 130 Å². The Morgan fingerprint density at radius 2 is 0.328 bits per heavy atom. The zero-order chi connectivity index (χ0) is 82.2. The zero-order valence-electron chi connectivity index (χ0n) is 60.0. The molecule has 0 saturated heterocycles. The second-order valence-corrected chi connectivity index (χ2v) is 30.3. The van der Waals surface area contributed by atoms with Crippen LogP contribution in [0.2, 0.25) is 0 Å². The van der Waals surface area contributed by atoms with Gasteiger partial charge in [0.1, 0.15) is 39.6 Å².